The van der Waals surface area contributed by atoms with Gasteiger partial charge in [0.25, 0.3) is 0 Å². The number of nitrogens with zero attached hydrogens (tertiary/aromatic N) is 2. The SMILES string of the molecule is Cc1cccc2c1oc1c(C)cc(-c3ccccc3-c3cnc4c5ccccc5c5ccccc5c4n3)cc12. The first-order valence-corrected chi connectivity index (χ1v) is 13.3. The minimum Gasteiger partial charge on any atom is -0.456 e. The second kappa shape index (κ2) is 8.24. The van der Waals surface area contributed by atoms with Crippen LogP contribution in [0.25, 0.3) is 76.9 Å². The third-order valence-electron chi connectivity index (χ3n) is 7.92. The first kappa shape index (κ1) is 22.0. The van der Waals surface area contributed by atoms with Crippen molar-refractivity contribution in [3.63, 3.8) is 0 Å². The largest absolute Gasteiger partial charge is 0.456 e. The Labute approximate surface area is 225 Å². The van der Waals surface area contributed by atoms with Crippen molar-refractivity contribution in [2.24, 2.45) is 0 Å². The minimum atomic E-state index is 0.865. The van der Waals surface area contributed by atoms with Crippen LogP contribution in [0.4, 0.5) is 0 Å². The van der Waals surface area contributed by atoms with E-state index in [1.54, 1.807) is 0 Å². The number of benzene rings is 6. The molecule has 0 saturated carbocycles. The summed E-state index contributed by atoms with van der Waals surface area (Å²) in [4.78, 5) is 10.3. The van der Waals surface area contributed by atoms with Gasteiger partial charge < -0.3 is 4.42 Å². The maximum absolute atomic E-state index is 6.32. The van der Waals surface area contributed by atoms with Gasteiger partial charge in [-0.05, 0) is 59.0 Å². The fraction of sp³-hybridized carbons (Fsp3) is 0.0556. The van der Waals surface area contributed by atoms with E-state index in [2.05, 4.69) is 117 Å². The third-order valence-corrected chi connectivity index (χ3v) is 7.92. The average Bonchev–Trinajstić information content (AvgIpc) is 3.38. The van der Waals surface area contributed by atoms with Gasteiger partial charge in [0.2, 0.25) is 0 Å². The Morgan fingerprint density at radius 3 is 1.90 bits per heavy atom. The molecular formula is C36H24N2O. The van der Waals surface area contributed by atoms with E-state index in [4.69, 9.17) is 14.4 Å². The molecule has 3 nitrogen and oxygen atoms in total. The van der Waals surface area contributed by atoms with E-state index in [-0.39, 0.29) is 0 Å². The summed E-state index contributed by atoms with van der Waals surface area (Å²) in [5.41, 5.74) is 10.2. The van der Waals surface area contributed by atoms with E-state index < -0.39 is 0 Å². The van der Waals surface area contributed by atoms with Crippen LogP contribution in [-0.4, -0.2) is 9.97 Å². The highest BCUT2D eigenvalue weighted by Crippen LogP contribution is 2.39. The summed E-state index contributed by atoms with van der Waals surface area (Å²) in [7, 11) is 0. The number of rotatable bonds is 2. The highest BCUT2D eigenvalue weighted by atomic mass is 16.3. The minimum absolute atomic E-state index is 0.865. The van der Waals surface area contributed by atoms with Crippen molar-refractivity contribution in [3.05, 3.63) is 120 Å². The van der Waals surface area contributed by atoms with E-state index in [0.29, 0.717) is 0 Å². The first-order chi connectivity index (χ1) is 19.2. The van der Waals surface area contributed by atoms with Crippen LogP contribution >= 0.6 is 0 Å². The Morgan fingerprint density at radius 2 is 1.13 bits per heavy atom. The summed E-state index contributed by atoms with van der Waals surface area (Å²) < 4.78 is 6.32. The molecule has 6 aromatic carbocycles. The lowest BCUT2D eigenvalue weighted by molar-refractivity contribution is 0.663. The molecule has 8 aromatic rings. The summed E-state index contributed by atoms with van der Waals surface area (Å²) in [6.45, 7) is 4.22. The number of para-hydroxylation sites is 1. The number of hydrogen-bond acceptors (Lipinski definition) is 3. The summed E-state index contributed by atoms with van der Waals surface area (Å²) >= 11 is 0. The third kappa shape index (κ3) is 3.23. The average molecular weight is 501 g/mol. The lowest BCUT2D eigenvalue weighted by Crippen LogP contribution is -1.94. The Hall–Kier alpha value is -5.02. The molecule has 0 spiro atoms. The van der Waals surface area contributed by atoms with Gasteiger partial charge in [0.1, 0.15) is 11.2 Å². The van der Waals surface area contributed by atoms with Crippen molar-refractivity contribution < 1.29 is 4.42 Å². The number of aromatic nitrogens is 2. The Balaban J connectivity index is 1.39. The molecule has 0 aliphatic carbocycles. The van der Waals surface area contributed by atoms with E-state index in [0.717, 1.165) is 77.3 Å². The number of fused-ring (bicyclic) bond motifs is 9. The van der Waals surface area contributed by atoms with E-state index in [9.17, 15) is 0 Å². The van der Waals surface area contributed by atoms with Gasteiger partial charge in [-0.25, -0.2) is 4.98 Å². The molecule has 39 heavy (non-hydrogen) atoms. The lowest BCUT2D eigenvalue weighted by atomic mass is 9.94. The molecule has 0 aliphatic heterocycles. The Kier molecular flexibility index (Phi) is 4.65. The van der Waals surface area contributed by atoms with Gasteiger partial charge in [-0.1, -0.05) is 91.0 Å². The number of aryl methyl sites for hydroxylation is 2. The fourth-order valence-electron chi connectivity index (χ4n) is 6.08. The van der Waals surface area contributed by atoms with Crippen LogP contribution in [0.15, 0.2) is 114 Å². The molecule has 0 bridgehead atoms. The number of furan rings is 1. The number of hydrogen-bond donors (Lipinski definition) is 0. The van der Waals surface area contributed by atoms with E-state index in [1.165, 1.54) is 10.8 Å². The molecule has 0 amide bonds. The zero-order valence-electron chi connectivity index (χ0n) is 21.7. The van der Waals surface area contributed by atoms with Crippen LogP contribution < -0.4 is 0 Å². The molecule has 2 aromatic heterocycles. The Bertz CT molecular complexity index is 2220. The molecule has 0 radical (unpaired) electrons. The topological polar surface area (TPSA) is 38.9 Å². The quantitative estimate of drug-likeness (QED) is 0.222. The molecule has 0 atom stereocenters. The fourth-order valence-corrected chi connectivity index (χ4v) is 6.08. The second-order valence-corrected chi connectivity index (χ2v) is 10.3. The van der Waals surface area contributed by atoms with Crippen molar-refractivity contribution in [3.8, 4) is 22.4 Å². The van der Waals surface area contributed by atoms with Gasteiger partial charge in [-0.15, -0.1) is 0 Å². The van der Waals surface area contributed by atoms with E-state index in [1.807, 2.05) is 6.20 Å². The zero-order chi connectivity index (χ0) is 26.1. The first-order valence-electron chi connectivity index (χ1n) is 13.3. The summed E-state index contributed by atoms with van der Waals surface area (Å²) in [6.07, 6.45) is 1.92. The molecule has 2 heterocycles. The molecule has 0 fully saturated rings. The van der Waals surface area contributed by atoms with Crippen molar-refractivity contribution in [2.45, 2.75) is 13.8 Å². The van der Waals surface area contributed by atoms with Crippen molar-refractivity contribution in [2.75, 3.05) is 0 Å². The van der Waals surface area contributed by atoms with Gasteiger partial charge in [0.05, 0.1) is 22.9 Å². The smallest absolute Gasteiger partial charge is 0.138 e. The summed E-state index contributed by atoms with van der Waals surface area (Å²) in [5, 5.41) is 6.94. The molecule has 0 aliphatic rings. The van der Waals surface area contributed by atoms with Crippen molar-refractivity contribution in [1.82, 2.24) is 9.97 Å². The Morgan fingerprint density at radius 1 is 0.513 bits per heavy atom. The van der Waals surface area contributed by atoms with Crippen LogP contribution in [0.1, 0.15) is 11.1 Å². The predicted octanol–water partition coefficient (Wildman–Crippen LogP) is 9.79. The van der Waals surface area contributed by atoms with Crippen molar-refractivity contribution in [1.29, 1.82) is 0 Å². The van der Waals surface area contributed by atoms with Crippen LogP contribution in [-0.2, 0) is 0 Å². The molecule has 8 rings (SSSR count). The van der Waals surface area contributed by atoms with Gasteiger partial charge in [0, 0.05) is 27.1 Å². The predicted molar refractivity (Wildman–Crippen MR) is 162 cm³/mol. The normalized spacial score (nSPS) is 11.8. The molecule has 3 heteroatoms. The molecule has 0 unspecified atom stereocenters. The maximum atomic E-state index is 6.32. The molecular weight excluding hydrogens is 476 g/mol. The molecule has 184 valence electrons. The summed E-state index contributed by atoms with van der Waals surface area (Å²) in [6, 6.07) is 36.3. The van der Waals surface area contributed by atoms with Gasteiger partial charge >= 0.3 is 0 Å². The van der Waals surface area contributed by atoms with Crippen LogP contribution in [0.2, 0.25) is 0 Å². The van der Waals surface area contributed by atoms with Gasteiger partial charge in [0.15, 0.2) is 0 Å². The van der Waals surface area contributed by atoms with Crippen LogP contribution in [0.3, 0.4) is 0 Å². The van der Waals surface area contributed by atoms with Gasteiger partial charge in [-0.3, -0.25) is 4.98 Å². The van der Waals surface area contributed by atoms with Crippen LogP contribution in [0, 0.1) is 13.8 Å². The highest BCUT2D eigenvalue weighted by Gasteiger charge is 2.17. The van der Waals surface area contributed by atoms with Crippen molar-refractivity contribution >= 4 is 54.5 Å². The van der Waals surface area contributed by atoms with E-state index >= 15 is 0 Å². The lowest BCUT2D eigenvalue weighted by Gasteiger charge is -2.13. The summed E-state index contributed by atoms with van der Waals surface area (Å²) in [5.74, 6) is 0. The highest BCUT2D eigenvalue weighted by molar-refractivity contribution is 6.23. The second-order valence-electron chi connectivity index (χ2n) is 10.3. The maximum Gasteiger partial charge on any atom is 0.138 e. The van der Waals surface area contributed by atoms with Gasteiger partial charge in [-0.2, -0.15) is 0 Å². The molecule has 0 N–H and O–H groups in total. The zero-order valence-corrected chi connectivity index (χ0v) is 21.7. The standard InChI is InChI=1S/C36H24N2O/c1-21-10-9-17-30-31-19-23(18-22(2)36(31)39-35(21)30)24-11-3-6-14-27(24)32-20-37-33-28-15-7-4-12-25(28)26-13-5-8-16-29(26)34(33)38-32/h3-20H,1-2H3. The monoisotopic (exact) mass is 500 g/mol. The van der Waals surface area contributed by atoms with Crippen LogP contribution in [0.5, 0.6) is 0 Å². The molecule has 0 saturated heterocycles.